The number of epoxide rings is 1. The number of aliphatic hydroxyl groups is 3. The number of nitrogens with two attached hydrogens (primary N) is 1. The number of phenols is 1. The predicted molar refractivity (Wildman–Crippen MR) is 254 cm³/mol. The van der Waals surface area contributed by atoms with Crippen LogP contribution in [0.15, 0.2) is 53.6 Å². The van der Waals surface area contributed by atoms with Gasteiger partial charge in [0.05, 0.1) is 17.3 Å². The lowest BCUT2D eigenvalue weighted by Gasteiger charge is -2.71. The number of nitrogens with one attached hydrogen (secondary N) is 2. The van der Waals surface area contributed by atoms with Crippen molar-refractivity contribution >= 4 is 17.3 Å². The molecule has 10 nitrogen and oxygen atoms in total. The van der Waals surface area contributed by atoms with E-state index in [1.54, 1.807) is 12.1 Å². The van der Waals surface area contributed by atoms with E-state index < -0.39 is 44.9 Å². The first-order valence-corrected chi connectivity index (χ1v) is 25.3. The molecule has 7 aliphatic rings. The van der Waals surface area contributed by atoms with Crippen LogP contribution < -0.4 is 16.4 Å². The van der Waals surface area contributed by atoms with Gasteiger partial charge in [-0.3, -0.25) is 9.59 Å². The van der Waals surface area contributed by atoms with E-state index >= 15 is 4.79 Å². The van der Waals surface area contributed by atoms with E-state index in [1.165, 1.54) is 11.1 Å². The van der Waals surface area contributed by atoms with Crippen molar-refractivity contribution in [1.29, 1.82) is 0 Å². The maximum atomic E-state index is 15.4. The summed E-state index contributed by atoms with van der Waals surface area (Å²) < 4.78 is 6.52. The van der Waals surface area contributed by atoms with E-state index in [0.717, 1.165) is 73.8 Å². The molecule has 0 spiro atoms. The van der Waals surface area contributed by atoms with Gasteiger partial charge in [-0.15, -0.1) is 0 Å². The third-order valence-electron chi connectivity index (χ3n) is 19.6. The average molecular weight is 894 g/mol. The molecule has 10 heteroatoms. The Kier molecular flexibility index (Phi) is 12.2. The predicted octanol–water partition coefficient (Wildman–Crippen LogP) is 8.25. The van der Waals surface area contributed by atoms with Gasteiger partial charge in [0.2, 0.25) is 0 Å². The minimum atomic E-state index is -0.915. The molecule has 6 fully saturated rings. The van der Waals surface area contributed by atoms with Crippen molar-refractivity contribution in [3.63, 3.8) is 0 Å². The van der Waals surface area contributed by atoms with E-state index in [-0.39, 0.29) is 59.7 Å². The average Bonchev–Trinajstić information content (AvgIpc) is 3.54. The van der Waals surface area contributed by atoms with Crippen molar-refractivity contribution in [1.82, 2.24) is 10.6 Å². The molecule has 2 aromatic rings. The summed E-state index contributed by atoms with van der Waals surface area (Å²) >= 11 is 0. The number of hydrogen-bond donors (Lipinski definition) is 7. The number of carbonyl (C=O) groups excluding carboxylic acids is 2. The summed E-state index contributed by atoms with van der Waals surface area (Å²) in [5.74, 6) is 0.632. The molecule has 2 aliphatic heterocycles. The number of ketones is 2. The number of β-amino-alcohol motifs (C(OH)–C–C–N with tert-alkyl or cyclic N) is 1. The first-order chi connectivity index (χ1) is 30.7. The van der Waals surface area contributed by atoms with Crippen LogP contribution in [0, 0.1) is 45.3 Å². The van der Waals surface area contributed by atoms with Crippen molar-refractivity contribution in [2.24, 2.45) is 45.3 Å². The van der Waals surface area contributed by atoms with Crippen molar-refractivity contribution in [2.75, 3.05) is 25.9 Å². The zero-order chi connectivity index (χ0) is 46.5. The van der Waals surface area contributed by atoms with E-state index in [1.807, 2.05) is 26.1 Å². The summed E-state index contributed by atoms with van der Waals surface area (Å²) in [5, 5.41) is 53.2. The summed E-state index contributed by atoms with van der Waals surface area (Å²) in [6.07, 6.45) is 9.46. The molecule has 2 saturated heterocycles. The largest absolute Gasteiger partial charge is 0.508 e. The second-order valence-electron chi connectivity index (χ2n) is 23.7. The molecule has 0 amide bonds. The summed E-state index contributed by atoms with van der Waals surface area (Å²) in [7, 11) is 1.89. The van der Waals surface area contributed by atoms with Crippen molar-refractivity contribution in [3.05, 3.63) is 70.3 Å². The minimum absolute atomic E-state index is 0.0166. The van der Waals surface area contributed by atoms with Crippen molar-refractivity contribution in [3.8, 4) is 5.75 Å². The molecule has 2 heterocycles. The van der Waals surface area contributed by atoms with Gasteiger partial charge < -0.3 is 41.5 Å². The third-order valence-corrected chi connectivity index (χ3v) is 19.6. The van der Waals surface area contributed by atoms with Crippen LogP contribution in [-0.4, -0.2) is 81.6 Å². The number of aromatic hydroxyl groups is 1. The van der Waals surface area contributed by atoms with E-state index in [4.69, 9.17) is 10.5 Å². The van der Waals surface area contributed by atoms with Gasteiger partial charge in [-0.05, 0) is 172 Å². The molecule has 15 unspecified atom stereocenters. The molecule has 0 bridgehead atoms. The zero-order valence-corrected chi connectivity index (χ0v) is 40.3. The number of hydrogen-bond acceptors (Lipinski definition) is 10. The Morgan fingerprint density at radius 1 is 0.969 bits per heavy atom. The van der Waals surface area contributed by atoms with Gasteiger partial charge in [0.1, 0.15) is 17.6 Å². The van der Waals surface area contributed by atoms with Crippen LogP contribution in [0.1, 0.15) is 160 Å². The molecular weight excluding hydrogens is 815 g/mol. The van der Waals surface area contributed by atoms with Gasteiger partial charge in [0.25, 0.3) is 0 Å². The van der Waals surface area contributed by atoms with Gasteiger partial charge in [0.15, 0.2) is 5.78 Å². The van der Waals surface area contributed by atoms with Crippen molar-refractivity contribution in [2.45, 2.75) is 179 Å². The number of rotatable bonds is 11. The molecule has 4 saturated carbocycles. The van der Waals surface area contributed by atoms with Gasteiger partial charge >= 0.3 is 0 Å². The van der Waals surface area contributed by atoms with E-state index in [0.29, 0.717) is 57.5 Å². The summed E-state index contributed by atoms with van der Waals surface area (Å²) in [6, 6.07) is 13.7. The smallest absolute Gasteiger partial charge is 0.159 e. The van der Waals surface area contributed by atoms with Gasteiger partial charge in [0, 0.05) is 54.6 Å². The molecule has 8 N–H and O–H groups in total. The maximum absolute atomic E-state index is 15.4. The quantitative estimate of drug-likeness (QED) is 0.0859. The number of benzene rings is 2. The van der Waals surface area contributed by atoms with Crippen LogP contribution in [0.4, 0.5) is 5.69 Å². The number of anilines is 1. The number of carbonyl (C=O) groups is 2. The highest BCUT2D eigenvalue weighted by Crippen LogP contribution is 2.76. The SMILES string of the molecule is CNCc1cc(O)cc(C2CC3(C)C4C(CC5(CCO)C3CCC3=C(C(C)CC(O)C6OC6(C)C6CCCC6c6cccc(N)c6)C(=O)CC35C)NCC(C)(O)CCCCC4(C)C2=O)c1. The first-order valence-electron chi connectivity index (χ1n) is 25.3. The standard InChI is InChI=1S/C55H79N3O7/c1-32(22-43(61)49-54(6,65-49)40-15-11-14-38(40)34-12-10-13-36(56)25-34)46-41-16-17-45-52(4)27-39(35-23-33(30-57-7)24-37(60)26-35)48(63)51(3)19-9-8-18-50(2,64)31-58-42(47(51)52)28-55(45,20-21-59)53(41,5)29-44(46)62/h10,12-13,23-26,32,38-40,42-43,45,47,49,57-61,64H,8-9,11,14-22,27-31,56H2,1-7H3. The number of Topliss-reactive ketones (excluding diaryl/α,β-unsaturated/α-hetero) is 2. The molecule has 0 radical (unpaired) electrons. The lowest BCUT2D eigenvalue weighted by atomic mass is 9.33. The third kappa shape index (κ3) is 7.58. The Morgan fingerprint density at radius 3 is 2.48 bits per heavy atom. The van der Waals surface area contributed by atoms with Crippen LogP contribution in [0.2, 0.25) is 0 Å². The van der Waals surface area contributed by atoms with E-state index in [2.05, 4.69) is 63.5 Å². The van der Waals surface area contributed by atoms with Crippen LogP contribution in [-0.2, 0) is 20.9 Å². The highest BCUT2D eigenvalue weighted by molar-refractivity contribution is 6.00. The molecule has 2 aromatic carbocycles. The van der Waals surface area contributed by atoms with E-state index in [9.17, 15) is 25.2 Å². The Morgan fingerprint density at radius 2 is 1.74 bits per heavy atom. The lowest BCUT2D eigenvalue weighted by Crippen LogP contribution is -2.71. The number of fused-ring (bicyclic) bond motifs is 4. The maximum Gasteiger partial charge on any atom is 0.159 e. The fraction of sp³-hybridized carbons (Fsp3) is 0.709. The van der Waals surface area contributed by atoms with Gasteiger partial charge in [-0.1, -0.05) is 70.7 Å². The Hall–Kier alpha value is -3.12. The number of aliphatic hydroxyl groups excluding tert-OH is 2. The van der Waals surface area contributed by atoms with Crippen LogP contribution in [0.5, 0.6) is 5.75 Å². The molecule has 356 valence electrons. The fourth-order valence-electron chi connectivity index (χ4n) is 17.0. The topological polar surface area (TPSA) is 178 Å². The molecule has 15 atom stereocenters. The zero-order valence-electron chi connectivity index (χ0n) is 40.3. The summed E-state index contributed by atoms with van der Waals surface area (Å²) in [5.41, 5.74) is 8.64. The molecular formula is C55H79N3O7. The highest BCUT2D eigenvalue weighted by Gasteiger charge is 2.73. The summed E-state index contributed by atoms with van der Waals surface area (Å²) in [6.45, 7) is 14.1. The van der Waals surface area contributed by atoms with Gasteiger partial charge in [-0.25, -0.2) is 0 Å². The molecule has 65 heavy (non-hydrogen) atoms. The fourth-order valence-corrected chi connectivity index (χ4v) is 17.0. The van der Waals surface area contributed by atoms with Crippen molar-refractivity contribution < 1.29 is 34.8 Å². The molecule has 5 aliphatic carbocycles. The number of ether oxygens (including phenoxy) is 1. The minimum Gasteiger partial charge on any atom is -0.508 e. The van der Waals surface area contributed by atoms with Crippen LogP contribution in [0.3, 0.4) is 0 Å². The Bertz CT molecular complexity index is 2210. The van der Waals surface area contributed by atoms with Gasteiger partial charge in [-0.2, -0.15) is 0 Å². The monoisotopic (exact) mass is 894 g/mol. The van der Waals surface area contributed by atoms with Crippen LogP contribution >= 0.6 is 0 Å². The van der Waals surface area contributed by atoms with Crippen LogP contribution in [0.25, 0.3) is 0 Å². The molecule has 9 rings (SSSR count). The Balaban J connectivity index is 1.07. The second kappa shape index (κ2) is 16.8. The number of allylic oxidation sites excluding steroid dienone is 2. The number of nitrogen functional groups attached to an aromatic ring is 1. The Labute approximate surface area is 388 Å². The normalized spacial score (nSPS) is 42.5. The first kappa shape index (κ1) is 47.0. The second-order valence-corrected chi connectivity index (χ2v) is 23.7. The highest BCUT2D eigenvalue weighted by atomic mass is 16.6. The summed E-state index contributed by atoms with van der Waals surface area (Å²) in [4.78, 5) is 30.3. The molecule has 0 aromatic heterocycles. The number of phenolic OH excluding ortho intramolecular Hbond substituents is 1. The lowest BCUT2D eigenvalue weighted by molar-refractivity contribution is -0.208.